The molecule has 4 rings (SSSR count). The molecule has 0 spiro atoms. The molecule has 130 valence electrons. The monoisotopic (exact) mass is 342 g/mol. The van der Waals surface area contributed by atoms with Crippen molar-refractivity contribution in [2.45, 2.75) is 19.8 Å². The lowest BCUT2D eigenvalue weighted by Gasteiger charge is -2.10. The van der Waals surface area contributed by atoms with E-state index in [4.69, 9.17) is 4.74 Å². The Morgan fingerprint density at radius 1 is 0.885 bits per heavy atom. The third kappa shape index (κ3) is 2.97. The topological polar surface area (TPSA) is 27.1 Å². The Hall–Kier alpha value is -3.07. The first-order chi connectivity index (χ1) is 12.7. The number of hydrogen-bond acceptors (Lipinski definition) is 2. The number of imidazole rings is 1. The molecule has 0 aliphatic heterocycles. The molecule has 3 nitrogen and oxygen atoms in total. The Morgan fingerprint density at radius 3 is 2.38 bits per heavy atom. The molecule has 0 fully saturated rings. The molecule has 3 heteroatoms. The predicted molar refractivity (Wildman–Crippen MR) is 107 cm³/mol. The largest absolute Gasteiger partial charge is 0.497 e. The molecule has 0 saturated carbocycles. The summed E-state index contributed by atoms with van der Waals surface area (Å²) in [6.07, 6.45) is 1.88. The minimum absolute atomic E-state index is 0.517. The minimum Gasteiger partial charge on any atom is -0.497 e. The summed E-state index contributed by atoms with van der Waals surface area (Å²) < 4.78 is 7.37. The van der Waals surface area contributed by atoms with Crippen molar-refractivity contribution >= 4 is 11.0 Å². The van der Waals surface area contributed by atoms with Crippen LogP contribution in [0.15, 0.2) is 73.1 Å². The summed E-state index contributed by atoms with van der Waals surface area (Å²) in [5.74, 6) is 1.37. The quantitative estimate of drug-likeness (QED) is 0.467. The normalized spacial score (nSPS) is 11.2. The number of rotatable bonds is 4. The van der Waals surface area contributed by atoms with Crippen LogP contribution in [0.3, 0.4) is 0 Å². The second kappa shape index (κ2) is 6.68. The van der Waals surface area contributed by atoms with Crippen LogP contribution < -0.4 is 4.74 Å². The maximum absolute atomic E-state index is 5.26. The third-order valence-electron chi connectivity index (χ3n) is 4.78. The van der Waals surface area contributed by atoms with E-state index in [1.807, 2.05) is 30.6 Å². The SMILES string of the molecule is COc1ccc(-n2cnc3ccc(-c4cccc(C(C)C)c4)cc32)cc1. The minimum atomic E-state index is 0.517. The zero-order valence-electron chi connectivity index (χ0n) is 15.3. The number of hydrogen-bond donors (Lipinski definition) is 0. The van der Waals surface area contributed by atoms with E-state index < -0.39 is 0 Å². The smallest absolute Gasteiger partial charge is 0.119 e. The van der Waals surface area contributed by atoms with Gasteiger partial charge in [-0.25, -0.2) is 4.98 Å². The molecule has 0 amide bonds. The first-order valence-corrected chi connectivity index (χ1v) is 8.87. The van der Waals surface area contributed by atoms with Gasteiger partial charge in [-0.05, 0) is 59.0 Å². The maximum atomic E-state index is 5.26. The molecular formula is C23H22N2O. The van der Waals surface area contributed by atoms with Gasteiger partial charge in [-0.3, -0.25) is 4.57 Å². The molecule has 0 radical (unpaired) electrons. The number of methoxy groups -OCH3 is 1. The maximum Gasteiger partial charge on any atom is 0.119 e. The van der Waals surface area contributed by atoms with Gasteiger partial charge in [0.05, 0.1) is 18.1 Å². The Labute approximate surface area is 153 Å². The Kier molecular flexibility index (Phi) is 4.21. The highest BCUT2D eigenvalue weighted by Gasteiger charge is 2.08. The van der Waals surface area contributed by atoms with Gasteiger partial charge in [0, 0.05) is 5.69 Å². The molecule has 4 aromatic rings. The van der Waals surface area contributed by atoms with Crippen molar-refractivity contribution < 1.29 is 4.74 Å². The van der Waals surface area contributed by atoms with Crippen LogP contribution in [0, 0.1) is 0 Å². The Balaban J connectivity index is 1.80. The van der Waals surface area contributed by atoms with E-state index in [-0.39, 0.29) is 0 Å². The van der Waals surface area contributed by atoms with E-state index in [1.165, 1.54) is 16.7 Å². The second-order valence-electron chi connectivity index (χ2n) is 6.80. The van der Waals surface area contributed by atoms with Crippen molar-refractivity contribution in [1.82, 2.24) is 9.55 Å². The molecule has 0 saturated heterocycles. The zero-order valence-corrected chi connectivity index (χ0v) is 15.3. The van der Waals surface area contributed by atoms with Gasteiger partial charge in [0.2, 0.25) is 0 Å². The van der Waals surface area contributed by atoms with Crippen LogP contribution in [-0.4, -0.2) is 16.7 Å². The van der Waals surface area contributed by atoms with Crippen LogP contribution in [0.25, 0.3) is 27.8 Å². The molecule has 0 aliphatic rings. The molecule has 0 N–H and O–H groups in total. The summed E-state index contributed by atoms with van der Waals surface area (Å²) in [5, 5.41) is 0. The number of fused-ring (bicyclic) bond motifs is 1. The van der Waals surface area contributed by atoms with Crippen LogP contribution in [-0.2, 0) is 0 Å². The van der Waals surface area contributed by atoms with Gasteiger partial charge >= 0.3 is 0 Å². The third-order valence-corrected chi connectivity index (χ3v) is 4.78. The Morgan fingerprint density at radius 2 is 1.65 bits per heavy atom. The predicted octanol–water partition coefficient (Wildman–Crippen LogP) is 5.82. The van der Waals surface area contributed by atoms with Gasteiger partial charge in [0.1, 0.15) is 12.1 Å². The number of aromatic nitrogens is 2. The van der Waals surface area contributed by atoms with Crippen molar-refractivity contribution in [1.29, 1.82) is 0 Å². The summed E-state index contributed by atoms with van der Waals surface area (Å²) >= 11 is 0. The van der Waals surface area contributed by atoms with Crippen LogP contribution in [0.5, 0.6) is 5.75 Å². The zero-order chi connectivity index (χ0) is 18.1. The van der Waals surface area contributed by atoms with E-state index in [0.29, 0.717) is 5.92 Å². The first kappa shape index (κ1) is 16.4. The standard InChI is InChI=1S/C23H22N2O/c1-16(2)17-5-4-6-18(13-17)19-7-12-22-23(14-19)25(15-24-22)20-8-10-21(26-3)11-9-20/h4-16H,1-3H3. The number of benzene rings is 3. The van der Waals surface area contributed by atoms with Crippen LogP contribution >= 0.6 is 0 Å². The van der Waals surface area contributed by atoms with Crippen LogP contribution in [0.4, 0.5) is 0 Å². The second-order valence-corrected chi connectivity index (χ2v) is 6.80. The first-order valence-electron chi connectivity index (χ1n) is 8.87. The van der Waals surface area contributed by atoms with Crippen LogP contribution in [0.1, 0.15) is 25.3 Å². The number of nitrogens with zero attached hydrogens (tertiary/aromatic N) is 2. The highest BCUT2D eigenvalue weighted by molar-refractivity contribution is 5.83. The lowest BCUT2D eigenvalue weighted by molar-refractivity contribution is 0.415. The number of ether oxygens (including phenoxy) is 1. The Bertz CT molecular complexity index is 1050. The van der Waals surface area contributed by atoms with E-state index in [9.17, 15) is 0 Å². The summed E-state index contributed by atoms with van der Waals surface area (Å²) in [6.45, 7) is 4.45. The molecule has 1 aromatic heterocycles. The van der Waals surface area contributed by atoms with Gasteiger partial charge in [-0.1, -0.05) is 44.2 Å². The molecule has 1 heterocycles. The molecule has 0 aliphatic carbocycles. The highest BCUT2D eigenvalue weighted by Crippen LogP contribution is 2.28. The van der Waals surface area contributed by atoms with Crippen molar-refractivity contribution in [3.05, 3.63) is 78.6 Å². The fourth-order valence-electron chi connectivity index (χ4n) is 3.21. The van der Waals surface area contributed by atoms with E-state index >= 15 is 0 Å². The summed E-state index contributed by atoms with van der Waals surface area (Å²) in [5.41, 5.74) is 6.95. The highest BCUT2D eigenvalue weighted by atomic mass is 16.5. The average Bonchev–Trinajstić information content (AvgIpc) is 3.11. The van der Waals surface area contributed by atoms with E-state index in [1.54, 1.807) is 7.11 Å². The van der Waals surface area contributed by atoms with Crippen molar-refractivity contribution in [2.24, 2.45) is 0 Å². The van der Waals surface area contributed by atoms with E-state index in [0.717, 1.165) is 22.5 Å². The molecular weight excluding hydrogens is 320 g/mol. The average molecular weight is 342 g/mol. The summed E-state index contributed by atoms with van der Waals surface area (Å²) in [7, 11) is 1.68. The molecule has 0 unspecified atom stereocenters. The van der Waals surface area contributed by atoms with Gasteiger partial charge in [0.25, 0.3) is 0 Å². The summed E-state index contributed by atoms with van der Waals surface area (Å²) in [6, 6.07) is 23.3. The van der Waals surface area contributed by atoms with Crippen molar-refractivity contribution in [3.63, 3.8) is 0 Å². The lowest BCUT2D eigenvalue weighted by atomic mass is 9.97. The van der Waals surface area contributed by atoms with E-state index in [2.05, 4.69) is 65.9 Å². The van der Waals surface area contributed by atoms with Gasteiger partial charge in [-0.15, -0.1) is 0 Å². The summed E-state index contributed by atoms with van der Waals surface area (Å²) in [4.78, 5) is 4.55. The van der Waals surface area contributed by atoms with Crippen molar-refractivity contribution in [2.75, 3.05) is 7.11 Å². The van der Waals surface area contributed by atoms with Gasteiger partial charge in [0.15, 0.2) is 0 Å². The molecule has 0 atom stereocenters. The van der Waals surface area contributed by atoms with Crippen molar-refractivity contribution in [3.8, 4) is 22.6 Å². The fraction of sp³-hybridized carbons (Fsp3) is 0.174. The fourth-order valence-corrected chi connectivity index (χ4v) is 3.21. The van der Waals surface area contributed by atoms with Crippen LogP contribution in [0.2, 0.25) is 0 Å². The van der Waals surface area contributed by atoms with Gasteiger partial charge < -0.3 is 4.74 Å². The van der Waals surface area contributed by atoms with Gasteiger partial charge in [-0.2, -0.15) is 0 Å². The lowest BCUT2D eigenvalue weighted by Crippen LogP contribution is -1.93. The molecule has 26 heavy (non-hydrogen) atoms. The molecule has 3 aromatic carbocycles. The molecule has 0 bridgehead atoms.